The standard InChI is InChI=1S/C15H16N2/c16-14-5-1-3-11(10-14)12-6-7-15-13(9-12)4-2-8-17-15/h2,4,6-10,14H,1,3,5,16H2. The number of benzene rings is 1. The zero-order valence-corrected chi connectivity index (χ0v) is 9.76. The van der Waals surface area contributed by atoms with E-state index in [1.165, 1.54) is 22.9 Å². The number of nitrogens with two attached hydrogens (primary N) is 1. The Hall–Kier alpha value is -1.67. The zero-order chi connectivity index (χ0) is 11.7. The molecule has 0 bridgehead atoms. The molecule has 1 unspecified atom stereocenters. The number of allylic oxidation sites excluding steroid dienone is 1. The molecule has 17 heavy (non-hydrogen) atoms. The van der Waals surface area contributed by atoms with E-state index in [1.807, 2.05) is 12.3 Å². The van der Waals surface area contributed by atoms with E-state index in [-0.39, 0.29) is 6.04 Å². The lowest BCUT2D eigenvalue weighted by molar-refractivity contribution is 0.654. The number of hydrogen-bond donors (Lipinski definition) is 1. The van der Waals surface area contributed by atoms with Crippen molar-refractivity contribution in [3.63, 3.8) is 0 Å². The lowest BCUT2D eigenvalue weighted by atomic mass is 9.91. The van der Waals surface area contributed by atoms with Gasteiger partial charge in [-0.2, -0.15) is 0 Å². The minimum atomic E-state index is 0.225. The maximum atomic E-state index is 5.99. The summed E-state index contributed by atoms with van der Waals surface area (Å²) in [5, 5.41) is 1.20. The summed E-state index contributed by atoms with van der Waals surface area (Å²) in [7, 11) is 0. The first-order valence-electron chi connectivity index (χ1n) is 6.14. The highest BCUT2D eigenvalue weighted by Crippen LogP contribution is 2.28. The third-order valence-electron chi connectivity index (χ3n) is 3.37. The fourth-order valence-electron chi connectivity index (χ4n) is 2.47. The second kappa shape index (κ2) is 4.30. The summed E-state index contributed by atoms with van der Waals surface area (Å²) >= 11 is 0. The summed E-state index contributed by atoms with van der Waals surface area (Å²) in [6, 6.07) is 10.8. The van der Waals surface area contributed by atoms with Crippen LogP contribution in [0.2, 0.25) is 0 Å². The van der Waals surface area contributed by atoms with Crippen molar-refractivity contribution in [2.75, 3.05) is 0 Å². The monoisotopic (exact) mass is 224 g/mol. The Morgan fingerprint density at radius 3 is 3.06 bits per heavy atom. The number of fused-ring (bicyclic) bond motifs is 1. The van der Waals surface area contributed by atoms with Crippen molar-refractivity contribution in [2.24, 2.45) is 5.73 Å². The van der Waals surface area contributed by atoms with Gasteiger partial charge in [0.25, 0.3) is 0 Å². The number of hydrogen-bond acceptors (Lipinski definition) is 2. The average molecular weight is 224 g/mol. The molecule has 0 fully saturated rings. The molecule has 0 spiro atoms. The van der Waals surface area contributed by atoms with Gasteiger partial charge in [0.2, 0.25) is 0 Å². The van der Waals surface area contributed by atoms with Crippen LogP contribution in [0, 0.1) is 0 Å². The molecule has 1 aliphatic carbocycles. The molecule has 1 aromatic heterocycles. The highest BCUT2D eigenvalue weighted by atomic mass is 14.6. The summed E-state index contributed by atoms with van der Waals surface area (Å²) in [5.74, 6) is 0. The van der Waals surface area contributed by atoms with Gasteiger partial charge in [0.15, 0.2) is 0 Å². The van der Waals surface area contributed by atoms with Crippen LogP contribution in [0.25, 0.3) is 16.5 Å². The van der Waals surface area contributed by atoms with Crippen molar-refractivity contribution in [2.45, 2.75) is 25.3 Å². The summed E-state index contributed by atoms with van der Waals surface area (Å²) in [5.41, 5.74) is 9.72. The highest BCUT2D eigenvalue weighted by Gasteiger charge is 2.11. The van der Waals surface area contributed by atoms with E-state index in [1.54, 1.807) is 0 Å². The van der Waals surface area contributed by atoms with Crippen molar-refractivity contribution in [1.82, 2.24) is 4.98 Å². The second-order valence-corrected chi connectivity index (χ2v) is 4.66. The van der Waals surface area contributed by atoms with E-state index < -0.39 is 0 Å². The largest absolute Gasteiger partial charge is 0.324 e. The molecule has 86 valence electrons. The van der Waals surface area contributed by atoms with E-state index in [9.17, 15) is 0 Å². The molecule has 3 rings (SSSR count). The quantitative estimate of drug-likeness (QED) is 0.808. The molecule has 1 atom stereocenters. The van der Waals surface area contributed by atoms with Crippen LogP contribution in [0.15, 0.2) is 42.6 Å². The van der Waals surface area contributed by atoms with Crippen LogP contribution >= 0.6 is 0 Å². The summed E-state index contributed by atoms with van der Waals surface area (Å²) in [4.78, 5) is 4.34. The molecule has 2 nitrogen and oxygen atoms in total. The Labute approximate surface area is 101 Å². The Morgan fingerprint density at radius 1 is 1.24 bits per heavy atom. The predicted molar refractivity (Wildman–Crippen MR) is 71.5 cm³/mol. The highest BCUT2D eigenvalue weighted by molar-refractivity contribution is 5.83. The first-order chi connectivity index (χ1) is 8.33. The Morgan fingerprint density at radius 2 is 2.18 bits per heavy atom. The SMILES string of the molecule is NC1C=C(c2ccc3ncccc3c2)CCC1. The minimum Gasteiger partial charge on any atom is -0.324 e. The van der Waals surface area contributed by atoms with Crippen LogP contribution in [0.5, 0.6) is 0 Å². The zero-order valence-electron chi connectivity index (χ0n) is 9.76. The van der Waals surface area contributed by atoms with Gasteiger partial charge in [-0.3, -0.25) is 4.98 Å². The number of nitrogens with zero attached hydrogens (tertiary/aromatic N) is 1. The van der Waals surface area contributed by atoms with Gasteiger partial charge in [0, 0.05) is 17.6 Å². The molecule has 0 aliphatic heterocycles. The molecular formula is C15H16N2. The molecule has 1 aromatic carbocycles. The molecule has 0 amide bonds. The Balaban J connectivity index is 2.06. The summed E-state index contributed by atoms with van der Waals surface area (Å²) in [6.45, 7) is 0. The second-order valence-electron chi connectivity index (χ2n) is 4.66. The van der Waals surface area contributed by atoms with Gasteiger partial charge in [-0.25, -0.2) is 0 Å². The van der Waals surface area contributed by atoms with Crippen molar-refractivity contribution in [1.29, 1.82) is 0 Å². The predicted octanol–water partition coefficient (Wildman–Crippen LogP) is 3.13. The molecule has 0 radical (unpaired) electrons. The van der Waals surface area contributed by atoms with E-state index in [0.717, 1.165) is 18.4 Å². The van der Waals surface area contributed by atoms with Crippen molar-refractivity contribution in [3.05, 3.63) is 48.2 Å². The number of aromatic nitrogens is 1. The van der Waals surface area contributed by atoms with Gasteiger partial charge in [-0.15, -0.1) is 0 Å². The van der Waals surface area contributed by atoms with Crippen LogP contribution in [0.1, 0.15) is 24.8 Å². The molecule has 2 heteroatoms. The van der Waals surface area contributed by atoms with Crippen LogP contribution < -0.4 is 5.73 Å². The molecule has 0 saturated heterocycles. The van der Waals surface area contributed by atoms with Gasteiger partial charge >= 0.3 is 0 Å². The maximum Gasteiger partial charge on any atom is 0.0702 e. The van der Waals surface area contributed by atoms with Crippen molar-refractivity contribution >= 4 is 16.5 Å². The average Bonchev–Trinajstić information content (AvgIpc) is 2.38. The minimum absolute atomic E-state index is 0.225. The molecule has 1 aliphatic rings. The molecule has 2 N–H and O–H groups in total. The van der Waals surface area contributed by atoms with E-state index in [2.05, 4.69) is 35.3 Å². The first-order valence-corrected chi connectivity index (χ1v) is 6.14. The van der Waals surface area contributed by atoms with Crippen molar-refractivity contribution < 1.29 is 0 Å². The first kappa shape index (κ1) is 10.5. The lowest BCUT2D eigenvalue weighted by Gasteiger charge is -2.18. The van der Waals surface area contributed by atoms with Gasteiger partial charge in [0.05, 0.1) is 5.52 Å². The van der Waals surface area contributed by atoms with Gasteiger partial charge in [-0.05, 0) is 48.6 Å². The molecule has 1 heterocycles. The van der Waals surface area contributed by atoms with E-state index in [4.69, 9.17) is 5.73 Å². The van der Waals surface area contributed by atoms with Gasteiger partial charge in [-0.1, -0.05) is 18.2 Å². The summed E-state index contributed by atoms with van der Waals surface area (Å²) < 4.78 is 0. The molecule has 0 saturated carbocycles. The number of rotatable bonds is 1. The molecule has 2 aromatic rings. The fourth-order valence-corrected chi connectivity index (χ4v) is 2.47. The molecular weight excluding hydrogens is 208 g/mol. The third kappa shape index (κ3) is 2.08. The van der Waals surface area contributed by atoms with Gasteiger partial charge in [0.1, 0.15) is 0 Å². The lowest BCUT2D eigenvalue weighted by Crippen LogP contribution is -2.19. The fraction of sp³-hybridized carbons (Fsp3) is 0.267. The summed E-state index contributed by atoms with van der Waals surface area (Å²) in [6.07, 6.45) is 7.48. The van der Waals surface area contributed by atoms with Gasteiger partial charge < -0.3 is 5.73 Å². The van der Waals surface area contributed by atoms with Crippen LogP contribution in [-0.4, -0.2) is 11.0 Å². The smallest absolute Gasteiger partial charge is 0.0702 e. The van der Waals surface area contributed by atoms with E-state index >= 15 is 0 Å². The number of pyridine rings is 1. The Bertz CT molecular complexity index is 572. The normalized spacial score (nSPS) is 20.3. The maximum absolute atomic E-state index is 5.99. The third-order valence-corrected chi connectivity index (χ3v) is 3.37. The van der Waals surface area contributed by atoms with E-state index in [0.29, 0.717) is 0 Å². The van der Waals surface area contributed by atoms with Crippen molar-refractivity contribution in [3.8, 4) is 0 Å². The topological polar surface area (TPSA) is 38.9 Å². The van der Waals surface area contributed by atoms with Crippen LogP contribution in [-0.2, 0) is 0 Å². The van der Waals surface area contributed by atoms with Crippen LogP contribution in [0.4, 0.5) is 0 Å². The Kier molecular flexibility index (Phi) is 2.65. The van der Waals surface area contributed by atoms with Crippen LogP contribution in [0.3, 0.4) is 0 Å².